The Morgan fingerprint density at radius 1 is 1.26 bits per heavy atom. The van der Waals surface area contributed by atoms with Crippen molar-refractivity contribution in [2.24, 2.45) is 5.92 Å². The molecule has 4 aliphatic heterocycles. The van der Waals surface area contributed by atoms with Gasteiger partial charge < -0.3 is 24.2 Å². The van der Waals surface area contributed by atoms with E-state index in [1.807, 2.05) is 19.2 Å². The number of benzene rings is 1. The fourth-order valence-electron chi connectivity index (χ4n) is 7.74. The van der Waals surface area contributed by atoms with E-state index < -0.39 is 18.0 Å². The van der Waals surface area contributed by atoms with Crippen molar-refractivity contribution in [3.8, 4) is 11.8 Å². The predicted molar refractivity (Wildman–Crippen MR) is 163 cm³/mol. The second kappa shape index (κ2) is 12.3. The van der Waals surface area contributed by atoms with Crippen LogP contribution in [0.5, 0.6) is 5.75 Å². The summed E-state index contributed by atoms with van der Waals surface area (Å²) in [6.45, 7) is 7.30. The number of carbonyl (C=O) groups is 2. The maximum absolute atomic E-state index is 14.6. The number of fused-ring (bicyclic) bond motifs is 2. The summed E-state index contributed by atoms with van der Waals surface area (Å²) in [5, 5.41) is 17.2. The van der Waals surface area contributed by atoms with Crippen molar-refractivity contribution in [2.45, 2.75) is 68.3 Å². The van der Waals surface area contributed by atoms with E-state index >= 15 is 0 Å². The standard InChI is InChI=1S/C31H42ClN7O4/c1-4-25(40)39-16-15-38(17-20(39)11-13-33)29-22-10-12-31(19-37(3)24-9-5-8-23(32)27(24)43-31)28(41)26(22)34-30(35-29)42-18-21-7-6-14-36(21)2/h4-5,8-9,20-22,26,29-30,34-35H,1,6-7,10-12,14-19H2,2-3H3/t20?,21?,22?,26?,29?,30?,31-/m0/s1. The van der Waals surface area contributed by atoms with Gasteiger partial charge in [-0.25, -0.2) is 0 Å². The molecule has 0 radical (unpaired) electrons. The van der Waals surface area contributed by atoms with Crippen LogP contribution in [0.25, 0.3) is 0 Å². The van der Waals surface area contributed by atoms with Gasteiger partial charge >= 0.3 is 0 Å². The summed E-state index contributed by atoms with van der Waals surface area (Å²) in [5.74, 6) is 0.339. The number of nitriles is 1. The first-order chi connectivity index (χ1) is 20.7. The lowest BCUT2D eigenvalue weighted by molar-refractivity contribution is -0.159. The van der Waals surface area contributed by atoms with Crippen LogP contribution in [0, 0.1) is 17.2 Å². The number of halogens is 1. The van der Waals surface area contributed by atoms with Gasteiger partial charge in [-0.2, -0.15) is 5.26 Å². The molecule has 1 aromatic rings. The van der Waals surface area contributed by atoms with Crippen LogP contribution in [0.4, 0.5) is 5.69 Å². The molecular formula is C31H42ClN7O4. The van der Waals surface area contributed by atoms with Crippen molar-refractivity contribution in [2.75, 3.05) is 58.3 Å². The highest BCUT2D eigenvalue weighted by Crippen LogP contribution is 2.46. The van der Waals surface area contributed by atoms with Gasteiger partial charge in [0, 0.05) is 38.6 Å². The summed E-state index contributed by atoms with van der Waals surface area (Å²) in [7, 11) is 4.09. The Morgan fingerprint density at radius 3 is 2.84 bits per heavy atom. The number of Topliss-reactive ketones (excluding diaryl/α,β-unsaturated/α-hetero) is 1. The van der Waals surface area contributed by atoms with Gasteiger partial charge in [-0.1, -0.05) is 24.2 Å². The van der Waals surface area contributed by atoms with Gasteiger partial charge in [0.05, 0.1) is 54.6 Å². The van der Waals surface area contributed by atoms with Crippen molar-refractivity contribution >= 4 is 29.0 Å². The van der Waals surface area contributed by atoms with Crippen LogP contribution >= 0.6 is 11.6 Å². The maximum Gasteiger partial charge on any atom is 0.246 e. The average Bonchev–Trinajstić information content (AvgIpc) is 3.42. The van der Waals surface area contributed by atoms with Crippen LogP contribution in [-0.4, -0.2) is 116 Å². The van der Waals surface area contributed by atoms with Crippen molar-refractivity contribution in [3.05, 3.63) is 35.9 Å². The van der Waals surface area contributed by atoms with Gasteiger partial charge in [0.2, 0.25) is 5.91 Å². The monoisotopic (exact) mass is 611 g/mol. The number of hydrogen-bond donors (Lipinski definition) is 2. The number of carbonyl (C=O) groups excluding carboxylic acids is 2. The number of piperazine rings is 1. The van der Waals surface area contributed by atoms with Crippen LogP contribution in [0.3, 0.4) is 0 Å². The lowest BCUT2D eigenvalue weighted by atomic mass is 9.71. The number of likely N-dealkylation sites (N-methyl/N-ethyl adjacent to an activating group) is 2. The molecule has 43 heavy (non-hydrogen) atoms. The summed E-state index contributed by atoms with van der Waals surface area (Å²) >= 11 is 6.57. The third-order valence-electron chi connectivity index (χ3n) is 10.1. The third-order valence-corrected chi connectivity index (χ3v) is 10.4. The van der Waals surface area contributed by atoms with Gasteiger partial charge in [-0.3, -0.25) is 25.1 Å². The molecule has 12 heteroatoms. The molecule has 6 rings (SSSR count). The summed E-state index contributed by atoms with van der Waals surface area (Å²) in [6.07, 6.45) is 4.33. The number of nitrogens with one attached hydrogen (secondary N) is 2. The molecule has 232 valence electrons. The minimum atomic E-state index is -1.03. The molecule has 1 spiro atoms. The van der Waals surface area contributed by atoms with Gasteiger partial charge in [0.1, 0.15) is 0 Å². The first-order valence-electron chi connectivity index (χ1n) is 15.4. The van der Waals surface area contributed by atoms with E-state index in [1.165, 1.54) is 6.08 Å². The van der Waals surface area contributed by atoms with Gasteiger partial charge in [0.15, 0.2) is 23.5 Å². The lowest BCUT2D eigenvalue weighted by Gasteiger charge is -2.55. The maximum atomic E-state index is 14.6. The van der Waals surface area contributed by atoms with Gasteiger partial charge in [-0.05, 0) is 57.5 Å². The van der Waals surface area contributed by atoms with Crippen LogP contribution in [-0.2, 0) is 14.3 Å². The number of ether oxygens (including phenoxy) is 2. The highest BCUT2D eigenvalue weighted by molar-refractivity contribution is 6.32. The Hall–Kier alpha value is -2.72. The van der Waals surface area contributed by atoms with Crippen LogP contribution in [0.2, 0.25) is 5.02 Å². The minimum Gasteiger partial charge on any atom is -0.474 e. The Bertz CT molecular complexity index is 1290. The number of ketones is 1. The molecule has 0 bridgehead atoms. The molecular weight excluding hydrogens is 570 g/mol. The number of para-hydroxylation sites is 1. The van der Waals surface area contributed by atoms with E-state index in [-0.39, 0.29) is 36.2 Å². The number of likely N-dealkylation sites (tertiary alicyclic amines) is 1. The van der Waals surface area contributed by atoms with E-state index in [0.717, 1.165) is 31.5 Å². The molecule has 1 aromatic carbocycles. The summed E-state index contributed by atoms with van der Waals surface area (Å²) < 4.78 is 13.0. The molecule has 1 amide bonds. The topological polar surface area (TPSA) is 113 Å². The third kappa shape index (κ3) is 5.65. The van der Waals surface area contributed by atoms with E-state index in [0.29, 0.717) is 56.0 Å². The first-order valence-corrected chi connectivity index (χ1v) is 15.7. The SMILES string of the molecule is C=CC(=O)N1CCN(C2NC(OCC3CCCN3C)NC3C(=O)[C@]4(CCC32)CN(C)c2cccc(Cl)c2O4)CC1CC#N. The zero-order valence-electron chi connectivity index (χ0n) is 25.0. The van der Waals surface area contributed by atoms with Gasteiger partial charge in [0.25, 0.3) is 0 Å². The van der Waals surface area contributed by atoms with E-state index in [9.17, 15) is 14.9 Å². The normalized spacial score (nSPS) is 34.8. The van der Waals surface area contributed by atoms with E-state index in [4.69, 9.17) is 21.1 Å². The number of hydrogen-bond acceptors (Lipinski definition) is 10. The van der Waals surface area contributed by atoms with Crippen molar-refractivity contribution < 1.29 is 19.1 Å². The fraction of sp³-hybridized carbons (Fsp3) is 0.645. The highest BCUT2D eigenvalue weighted by Gasteiger charge is 2.57. The Balaban J connectivity index is 1.26. The number of nitrogens with zero attached hydrogens (tertiary/aromatic N) is 5. The quantitative estimate of drug-likeness (QED) is 0.462. The zero-order valence-corrected chi connectivity index (χ0v) is 25.8. The van der Waals surface area contributed by atoms with Crippen molar-refractivity contribution in [1.82, 2.24) is 25.3 Å². The largest absolute Gasteiger partial charge is 0.474 e. The van der Waals surface area contributed by atoms with Crippen LogP contribution < -0.4 is 20.3 Å². The molecule has 2 N–H and O–H groups in total. The fourth-order valence-corrected chi connectivity index (χ4v) is 7.95. The first kappa shape index (κ1) is 30.3. The van der Waals surface area contributed by atoms with E-state index in [1.54, 1.807) is 11.0 Å². The Kier molecular flexibility index (Phi) is 8.70. The predicted octanol–water partition coefficient (Wildman–Crippen LogP) is 1.78. The molecule has 6 unspecified atom stereocenters. The molecule has 1 aliphatic carbocycles. The summed E-state index contributed by atoms with van der Waals surface area (Å²) in [6, 6.07) is 7.46. The second-order valence-corrected chi connectivity index (χ2v) is 13.0. The average molecular weight is 612 g/mol. The van der Waals surface area contributed by atoms with E-state index in [2.05, 4.69) is 45.0 Å². The van der Waals surface area contributed by atoms with Crippen LogP contribution in [0.1, 0.15) is 32.1 Å². The Labute approximate surface area is 258 Å². The molecule has 11 nitrogen and oxygen atoms in total. The van der Waals surface area contributed by atoms with Crippen molar-refractivity contribution in [3.63, 3.8) is 0 Å². The molecule has 7 atom stereocenters. The number of rotatable bonds is 6. The lowest BCUT2D eigenvalue weighted by Crippen LogP contribution is -2.76. The van der Waals surface area contributed by atoms with Gasteiger partial charge in [-0.15, -0.1) is 0 Å². The smallest absolute Gasteiger partial charge is 0.246 e. The summed E-state index contributed by atoms with van der Waals surface area (Å²) in [5.41, 5.74) is -0.154. The molecule has 1 saturated carbocycles. The number of anilines is 1. The van der Waals surface area contributed by atoms with Crippen molar-refractivity contribution in [1.29, 1.82) is 5.26 Å². The highest BCUT2D eigenvalue weighted by atomic mass is 35.5. The zero-order chi connectivity index (χ0) is 30.3. The Morgan fingerprint density at radius 2 is 2.09 bits per heavy atom. The molecule has 5 aliphatic rings. The molecule has 4 fully saturated rings. The minimum absolute atomic E-state index is 0.00769. The number of amides is 1. The summed E-state index contributed by atoms with van der Waals surface area (Å²) in [4.78, 5) is 35.5. The van der Waals surface area contributed by atoms with Crippen LogP contribution in [0.15, 0.2) is 30.9 Å². The molecule has 3 saturated heterocycles. The molecule has 4 heterocycles. The second-order valence-electron chi connectivity index (χ2n) is 12.6. The molecule has 0 aromatic heterocycles.